The Balaban J connectivity index is 1.09. The zero-order valence-corrected chi connectivity index (χ0v) is 31.4. The molecule has 9 aromatic carbocycles. The molecule has 1 aliphatic rings. The van der Waals surface area contributed by atoms with Gasteiger partial charge in [0, 0.05) is 50.2 Å². The van der Waals surface area contributed by atoms with Crippen LogP contribution in [0.2, 0.25) is 0 Å². The number of nitrogens with zero attached hydrogens (tertiary/aromatic N) is 2. The summed E-state index contributed by atoms with van der Waals surface area (Å²) in [5.74, 6) is 0. The van der Waals surface area contributed by atoms with Gasteiger partial charge in [-0.1, -0.05) is 127 Å². The third-order valence-electron chi connectivity index (χ3n) is 11.8. The smallest absolute Gasteiger partial charge is 0.137 e. The highest BCUT2D eigenvalue weighted by Gasteiger charge is 2.22. The summed E-state index contributed by atoms with van der Waals surface area (Å²) >= 11 is 0. The SMILES string of the molecule is C1=CC=Cc2c(c(N(c3cccc(-c4cccc(-n5c6ccccc6c6ccccc65)c4)c3)c3ccc4c(c3)oc3ccccc34)cc3c2ccc2ccccc23)C=1. The van der Waals surface area contributed by atoms with E-state index in [-0.39, 0.29) is 0 Å². The second-order valence-electron chi connectivity index (χ2n) is 15.0. The van der Waals surface area contributed by atoms with Crippen LogP contribution >= 0.6 is 0 Å². The van der Waals surface area contributed by atoms with Crippen molar-refractivity contribution in [1.82, 2.24) is 4.57 Å². The predicted molar refractivity (Wildman–Crippen MR) is 245 cm³/mol. The maximum absolute atomic E-state index is 6.51. The van der Waals surface area contributed by atoms with Crippen LogP contribution < -0.4 is 4.90 Å². The fourth-order valence-corrected chi connectivity index (χ4v) is 9.16. The van der Waals surface area contributed by atoms with Gasteiger partial charge in [-0.25, -0.2) is 0 Å². The molecule has 0 amide bonds. The van der Waals surface area contributed by atoms with Gasteiger partial charge in [0.15, 0.2) is 0 Å². The van der Waals surface area contributed by atoms with Crippen LogP contribution in [0.1, 0.15) is 11.1 Å². The van der Waals surface area contributed by atoms with Crippen LogP contribution in [0, 0.1) is 0 Å². The number of anilines is 3. The Kier molecular flexibility index (Phi) is 7.19. The van der Waals surface area contributed by atoms with Crippen molar-refractivity contribution >= 4 is 94.5 Å². The Hall–Kier alpha value is -7.84. The first-order valence-corrected chi connectivity index (χ1v) is 19.7. The molecule has 58 heavy (non-hydrogen) atoms. The third-order valence-corrected chi connectivity index (χ3v) is 11.8. The molecule has 1 aliphatic carbocycles. The molecule has 3 heteroatoms. The van der Waals surface area contributed by atoms with Crippen LogP contribution in [-0.2, 0) is 0 Å². The molecule has 0 radical (unpaired) electrons. The molecule has 0 saturated carbocycles. The largest absolute Gasteiger partial charge is 0.456 e. The summed E-state index contributed by atoms with van der Waals surface area (Å²) in [5.41, 5.74) is 16.4. The lowest BCUT2D eigenvalue weighted by Crippen LogP contribution is -2.12. The van der Waals surface area contributed by atoms with E-state index in [4.69, 9.17) is 4.42 Å². The number of rotatable bonds is 5. The highest BCUT2D eigenvalue weighted by molar-refractivity contribution is 6.14. The number of allylic oxidation sites excluding steroid dienone is 2. The molecule has 0 fully saturated rings. The first kappa shape index (κ1) is 32.4. The summed E-state index contributed by atoms with van der Waals surface area (Å²) in [7, 11) is 0. The van der Waals surface area contributed by atoms with Crippen molar-refractivity contribution in [1.29, 1.82) is 0 Å². The number of para-hydroxylation sites is 3. The monoisotopic (exact) mass is 738 g/mol. The second kappa shape index (κ2) is 12.9. The molecule has 0 unspecified atom stereocenters. The summed E-state index contributed by atoms with van der Waals surface area (Å²) in [6.45, 7) is 0. The van der Waals surface area contributed by atoms with Crippen LogP contribution in [0.5, 0.6) is 0 Å². The molecular weight excluding hydrogens is 705 g/mol. The van der Waals surface area contributed by atoms with Gasteiger partial charge in [0.05, 0.1) is 16.7 Å². The summed E-state index contributed by atoms with van der Waals surface area (Å²) in [4.78, 5) is 2.39. The average Bonchev–Trinajstić information content (AvgIpc) is 3.70. The van der Waals surface area contributed by atoms with Crippen molar-refractivity contribution in [2.75, 3.05) is 4.90 Å². The number of benzene rings is 9. The Morgan fingerprint density at radius 3 is 1.97 bits per heavy atom. The molecule has 0 saturated heterocycles. The summed E-state index contributed by atoms with van der Waals surface area (Å²) in [5, 5.41) is 9.58. The minimum atomic E-state index is 0.853. The van der Waals surface area contributed by atoms with Crippen LogP contribution in [0.25, 0.3) is 94.3 Å². The lowest BCUT2D eigenvalue weighted by atomic mass is 9.92. The normalized spacial score (nSPS) is 12.3. The van der Waals surface area contributed by atoms with Gasteiger partial charge >= 0.3 is 0 Å². The van der Waals surface area contributed by atoms with Gasteiger partial charge in [-0.15, -0.1) is 5.73 Å². The number of fused-ring (bicyclic) bond motifs is 11. The summed E-state index contributed by atoms with van der Waals surface area (Å²) in [6.07, 6.45) is 8.44. The van der Waals surface area contributed by atoms with Crippen molar-refractivity contribution in [2.45, 2.75) is 0 Å². The van der Waals surface area contributed by atoms with Crippen LogP contribution in [0.15, 0.2) is 204 Å². The highest BCUT2D eigenvalue weighted by atomic mass is 16.3. The van der Waals surface area contributed by atoms with Crippen molar-refractivity contribution < 1.29 is 4.42 Å². The maximum atomic E-state index is 6.51. The lowest BCUT2D eigenvalue weighted by Gasteiger charge is -2.29. The Morgan fingerprint density at radius 2 is 1.12 bits per heavy atom. The Bertz CT molecular complexity index is 3520. The van der Waals surface area contributed by atoms with Gasteiger partial charge in [0.25, 0.3) is 0 Å². The van der Waals surface area contributed by atoms with Crippen molar-refractivity contribution in [3.63, 3.8) is 0 Å². The minimum Gasteiger partial charge on any atom is -0.456 e. The van der Waals surface area contributed by atoms with Crippen LogP contribution in [-0.4, -0.2) is 4.57 Å². The summed E-state index contributed by atoms with van der Waals surface area (Å²) in [6, 6.07) is 65.6. The van der Waals surface area contributed by atoms with Gasteiger partial charge in [0.2, 0.25) is 0 Å². The zero-order chi connectivity index (χ0) is 38.2. The molecule has 12 rings (SSSR count). The molecule has 2 aromatic heterocycles. The lowest BCUT2D eigenvalue weighted by molar-refractivity contribution is 0.669. The number of hydrogen-bond acceptors (Lipinski definition) is 2. The molecule has 11 aromatic rings. The fourth-order valence-electron chi connectivity index (χ4n) is 9.16. The van der Waals surface area contributed by atoms with E-state index >= 15 is 0 Å². The van der Waals surface area contributed by atoms with Gasteiger partial charge in [-0.2, -0.15) is 0 Å². The predicted octanol–water partition coefficient (Wildman–Crippen LogP) is 15.3. The van der Waals surface area contributed by atoms with Gasteiger partial charge in [0.1, 0.15) is 11.2 Å². The van der Waals surface area contributed by atoms with Crippen LogP contribution in [0.3, 0.4) is 0 Å². The molecular formula is C55H34N2O. The topological polar surface area (TPSA) is 21.3 Å². The van der Waals surface area contributed by atoms with E-state index in [1.54, 1.807) is 0 Å². The van der Waals surface area contributed by atoms with Gasteiger partial charge < -0.3 is 13.9 Å². The maximum Gasteiger partial charge on any atom is 0.137 e. The first-order valence-electron chi connectivity index (χ1n) is 19.7. The van der Waals surface area contributed by atoms with Crippen molar-refractivity contribution in [3.8, 4) is 16.8 Å². The van der Waals surface area contributed by atoms with Crippen molar-refractivity contribution in [3.05, 3.63) is 211 Å². The fraction of sp³-hybridized carbons (Fsp3) is 0. The third kappa shape index (κ3) is 5.01. The summed E-state index contributed by atoms with van der Waals surface area (Å²) < 4.78 is 8.90. The number of furan rings is 1. The molecule has 3 nitrogen and oxygen atoms in total. The Labute approximate surface area is 334 Å². The second-order valence-corrected chi connectivity index (χ2v) is 15.0. The van der Waals surface area contributed by atoms with Crippen molar-refractivity contribution in [2.24, 2.45) is 0 Å². The van der Waals surface area contributed by atoms with Gasteiger partial charge in [-0.05, 0) is 111 Å². The standard InChI is InChI=1S/C55H34N2O/c1-2-20-43-44-30-28-36-14-4-5-19-42(36)50(44)35-53(45(43)21-3-1)56(41-29-31-49-48-24-8-11-27-54(48)58-55(49)34-41)39-17-12-15-37(32-39)38-16-13-18-40(33-38)57-51-25-9-6-22-46(51)47-23-7-10-26-52(47)57/h1-2,4-35H. The minimum absolute atomic E-state index is 0.853. The highest BCUT2D eigenvalue weighted by Crippen LogP contribution is 2.46. The van der Waals surface area contributed by atoms with E-state index in [0.717, 1.165) is 61.4 Å². The molecule has 0 bridgehead atoms. The molecule has 270 valence electrons. The van der Waals surface area contributed by atoms with E-state index in [1.807, 2.05) is 18.2 Å². The Morgan fingerprint density at radius 1 is 0.448 bits per heavy atom. The van der Waals surface area contributed by atoms with E-state index < -0.39 is 0 Å². The van der Waals surface area contributed by atoms with Crippen LogP contribution in [0.4, 0.5) is 17.1 Å². The quantitative estimate of drug-likeness (QED) is 0.130. The van der Waals surface area contributed by atoms with E-state index in [1.165, 1.54) is 48.9 Å². The average molecular weight is 739 g/mol. The molecule has 0 aliphatic heterocycles. The molecule has 0 spiro atoms. The molecule has 0 N–H and O–H groups in total. The molecule has 2 heterocycles. The molecule has 0 atom stereocenters. The first-order chi connectivity index (χ1) is 28.8. The van der Waals surface area contributed by atoms with E-state index in [0.29, 0.717) is 0 Å². The zero-order valence-electron chi connectivity index (χ0n) is 31.4. The number of hydrogen-bond donors (Lipinski definition) is 0. The van der Waals surface area contributed by atoms with E-state index in [2.05, 4.69) is 203 Å². The number of aromatic nitrogens is 1. The van der Waals surface area contributed by atoms with E-state index in [9.17, 15) is 0 Å². The van der Waals surface area contributed by atoms with Gasteiger partial charge in [-0.3, -0.25) is 0 Å².